The zero-order valence-electron chi connectivity index (χ0n) is 11.5. The van der Waals surface area contributed by atoms with Gasteiger partial charge in [0, 0.05) is 12.6 Å². The van der Waals surface area contributed by atoms with Gasteiger partial charge in [0.05, 0.1) is 0 Å². The minimum Gasteiger partial charge on any atom is -0.310 e. The van der Waals surface area contributed by atoms with Crippen molar-refractivity contribution in [3.8, 4) is 0 Å². The van der Waals surface area contributed by atoms with Gasteiger partial charge in [-0.25, -0.2) is 8.78 Å². The second-order valence-corrected chi connectivity index (χ2v) is 4.98. The van der Waals surface area contributed by atoms with Crippen molar-refractivity contribution >= 4 is 0 Å². The van der Waals surface area contributed by atoms with Gasteiger partial charge in [0.25, 0.3) is 0 Å². The first kappa shape index (κ1) is 15.1. The van der Waals surface area contributed by atoms with Gasteiger partial charge in [-0.2, -0.15) is 0 Å². The summed E-state index contributed by atoms with van der Waals surface area (Å²) in [6.45, 7) is 7.16. The van der Waals surface area contributed by atoms with Crippen LogP contribution in [-0.2, 0) is 6.54 Å². The second-order valence-electron chi connectivity index (χ2n) is 4.98. The summed E-state index contributed by atoms with van der Waals surface area (Å²) in [7, 11) is 0. The number of hydrogen-bond donors (Lipinski definition) is 1. The molecule has 3 heteroatoms. The lowest BCUT2D eigenvalue weighted by Gasteiger charge is -2.20. The normalized spacial score (nSPS) is 14.5. The fourth-order valence-corrected chi connectivity index (χ4v) is 1.96. The average Bonchev–Trinajstić information content (AvgIpc) is 2.38. The van der Waals surface area contributed by atoms with E-state index in [1.807, 2.05) is 0 Å². The van der Waals surface area contributed by atoms with Crippen molar-refractivity contribution in [2.45, 2.75) is 52.6 Å². The third-order valence-corrected chi connectivity index (χ3v) is 3.46. The zero-order chi connectivity index (χ0) is 13.5. The predicted molar refractivity (Wildman–Crippen MR) is 71.3 cm³/mol. The monoisotopic (exact) mass is 255 g/mol. The first-order valence-corrected chi connectivity index (χ1v) is 6.74. The van der Waals surface area contributed by atoms with Gasteiger partial charge in [-0.15, -0.1) is 0 Å². The van der Waals surface area contributed by atoms with Gasteiger partial charge in [0.15, 0.2) is 11.6 Å². The summed E-state index contributed by atoms with van der Waals surface area (Å²) in [4.78, 5) is 0. The van der Waals surface area contributed by atoms with Crippen molar-refractivity contribution in [3.63, 3.8) is 0 Å². The van der Waals surface area contributed by atoms with E-state index in [0.717, 1.165) is 18.4 Å². The number of rotatable bonds is 7. The van der Waals surface area contributed by atoms with Crippen molar-refractivity contribution < 1.29 is 8.78 Å². The maximum Gasteiger partial charge on any atom is 0.159 e. The average molecular weight is 255 g/mol. The van der Waals surface area contributed by atoms with Gasteiger partial charge >= 0.3 is 0 Å². The number of nitrogens with one attached hydrogen (secondary N) is 1. The highest BCUT2D eigenvalue weighted by molar-refractivity contribution is 5.17. The smallest absolute Gasteiger partial charge is 0.159 e. The van der Waals surface area contributed by atoms with E-state index in [4.69, 9.17) is 0 Å². The van der Waals surface area contributed by atoms with Crippen LogP contribution in [0.4, 0.5) is 8.78 Å². The number of hydrogen-bond acceptors (Lipinski definition) is 1. The Morgan fingerprint density at radius 3 is 2.39 bits per heavy atom. The molecule has 2 unspecified atom stereocenters. The molecule has 1 aromatic carbocycles. The SMILES string of the molecule is CCC(C)CC(CC)NCc1ccc(F)c(F)c1. The molecule has 0 aliphatic heterocycles. The Morgan fingerprint density at radius 2 is 1.83 bits per heavy atom. The highest BCUT2D eigenvalue weighted by Gasteiger charge is 2.10. The summed E-state index contributed by atoms with van der Waals surface area (Å²) < 4.78 is 25.8. The maximum absolute atomic E-state index is 13.0. The molecule has 0 aliphatic rings. The molecule has 18 heavy (non-hydrogen) atoms. The van der Waals surface area contributed by atoms with Crippen LogP contribution in [0.1, 0.15) is 45.6 Å². The molecule has 1 rings (SSSR count). The number of halogens is 2. The van der Waals surface area contributed by atoms with Crippen molar-refractivity contribution in [3.05, 3.63) is 35.4 Å². The van der Waals surface area contributed by atoms with E-state index in [1.165, 1.54) is 18.6 Å². The van der Waals surface area contributed by atoms with Crippen LogP contribution in [0.15, 0.2) is 18.2 Å². The van der Waals surface area contributed by atoms with Gasteiger partial charge in [0.1, 0.15) is 0 Å². The fraction of sp³-hybridized carbons (Fsp3) is 0.600. The summed E-state index contributed by atoms with van der Waals surface area (Å²) in [5.74, 6) is -0.873. The highest BCUT2D eigenvalue weighted by Crippen LogP contribution is 2.13. The third kappa shape index (κ3) is 4.73. The quantitative estimate of drug-likeness (QED) is 0.767. The minimum absolute atomic E-state index is 0.438. The Labute approximate surface area is 109 Å². The van der Waals surface area contributed by atoms with Crippen LogP contribution in [0, 0.1) is 17.6 Å². The molecule has 2 atom stereocenters. The molecule has 0 saturated carbocycles. The highest BCUT2D eigenvalue weighted by atomic mass is 19.2. The lowest BCUT2D eigenvalue weighted by Crippen LogP contribution is -2.29. The Morgan fingerprint density at radius 1 is 1.11 bits per heavy atom. The van der Waals surface area contributed by atoms with Crippen molar-refractivity contribution in [1.82, 2.24) is 5.32 Å². The second kappa shape index (κ2) is 7.47. The summed E-state index contributed by atoms with van der Waals surface area (Å²) in [5.41, 5.74) is 0.788. The lowest BCUT2D eigenvalue weighted by molar-refractivity contribution is 0.383. The first-order chi connectivity index (χ1) is 8.56. The zero-order valence-corrected chi connectivity index (χ0v) is 11.5. The van der Waals surface area contributed by atoms with Crippen LogP contribution < -0.4 is 5.32 Å². The Balaban J connectivity index is 2.49. The molecule has 0 aliphatic carbocycles. The summed E-state index contributed by atoms with van der Waals surface area (Å²) in [5, 5.41) is 3.41. The van der Waals surface area contributed by atoms with Crippen LogP contribution in [0.2, 0.25) is 0 Å². The van der Waals surface area contributed by atoms with Crippen LogP contribution in [0.3, 0.4) is 0 Å². The maximum atomic E-state index is 13.0. The molecule has 1 aromatic rings. The molecular weight excluding hydrogens is 232 g/mol. The van der Waals surface area contributed by atoms with Crippen molar-refractivity contribution in [1.29, 1.82) is 0 Å². The van der Waals surface area contributed by atoms with Gasteiger partial charge in [0.2, 0.25) is 0 Å². The van der Waals surface area contributed by atoms with Crippen molar-refractivity contribution in [2.75, 3.05) is 0 Å². The van der Waals surface area contributed by atoms with E-state index in [0.29, 0.717) is 18.5 Å². The predicted octanol–water partition coefficient (Wildman–Crippen LogP) is 4.27. The van der Waals surface area contributed by atoms with Crippen molar-refractivity contribution in [2.24, 2.45) is 5.92 Å². The summed E-state index contributed by atoms with van der Waals surface area (Å²) in [6, 6.07) is 4.51. The molecule has 1 N–H and O–H groups in total. The van der Waals surface area contributed by atoms with Gasteiger partial charge < -0.3 is 5.32 Å². The van der Waals surface area contributed by atoms with E-state index >= 15 is 0 Å². The third-order valence-electron chi connectivity index (χ3n) is 3.46. The summed E-state index contributed by atoms with van der Waals surface area (Å²) in [6.07, 6.45) is 3.34. The Hall–Kier alpha value is -0.960. The fourth-order valence-electron chi connectivity index (χ4n) is 1.96. The van der Waals surface area contributed by atoms with Crippen LogP contribution >= 0.6 is 0 Å². The molecule has 0 amide bonds. The first-order valence-electron chi connectivity index (χ1n) is 6.74. The van der Waals surface area contributed by atoms with E-state index in [1.54, 1.807) is 6.07 Å². The molecule has 0 spiro atoms. The summed E-state index contributed by atoms with van der Waals surface area (Å²) >= 11 is 0. The molecule has 0 heterocycles. The molecule has 1 nitrogen and oxygen atoms in total. The molecule has 102 valence electrons. The molecular formula is C15H23F2N. The molecule has 0 bridgehead atoms. The van der Waals surface area contributed by atoms with Gasteiger partial charge in [-0.1, -0.05) is 33.3 Å². The van der Waals surface area contributed by atoms with E-state index in [9.17, 15) is 8.78 Å². The Bertz CT molecular complexity index is 366. The Kier molecular flexibility index (Phi) is 6.27. The van der Waals surface area contributed by atoms with Gasteiger partial charge in [-0.05, 0) is 36.5 Å². The number of benzene rings is 1. The lowest BCUT2D eigenvalue weighted by atomic mass is 9.97. The molecule has 0 radical (unpaired) electrons. The van der Waals surface area contributed by atoms with E-state index < -0.39 is 11.6 Å². The van der Waals surface area contributed by atoms with Crippen LogP contribution in [0.25, 0.3) is 0 Å². The minimum atomic E-state index is -0.787. The standard InChI is InChI=1S/C15H23F2N/c1-4-11(3)8-13(5-2)18-10-12-6-7-14(16)15(17)9-12/h6-7,9,11,13,18H,4-5,8,10H2,1-3H3. The van der Waals surface area contributed by atoms with Gasteiger partial charge in [-0.3, -0.25) is 0 Å². The molecule has 0 fully saturated rings. The molecule has 0 saturated heterocycles. The largest absolute Gasteiger partial charge is 0.310 e. The van der Waals surface area contributed by atoms with E-state index in [2.05, 4.69) is 26.1 Å². The topological polar surface area (TPSA) is 12.0 Å². The molecule has 0 aromatic heterocycles. The van der Waals surface area contributed by atoms with Crippen LogP contribution in [-0.4, -0.2) is 6.04 Å². The van der Waals surface area contributed by atoms with E-state index in [-0.39, 0.29) is 0 Å². The van der Waals surface area contributed by atoms with Crippen LogP contribution in [0.5, 0.6) is 0 Å².